The second-order valence-electron chi connectivity index (χ2n) is 7.36. The lowest BCUT2D eigenvalue weighted by atomic mass is 9.99. The Kier molecular flexibility index (Phi) is 5.28. The predicted molar refractivity (Wildman–Crippen MR) is 104 cm³/mol. The molecular formula is C18H24N4O4S2. The molecule has 0 spiro atoms. The van der Waals surface area contributed by atoms with E-state index in [1.807, 2.05) is 6.92 Å². The molecule has 1 saturated carbocycles. The molecule has 3 heterocycles. The van der Waals surface area contributed by atoms with Gasteiger partial charge < -0.3 is 9.84 Å². The minimum atomic E-state index is -3.68. The summed E-state index contributed by atoms with van der Waals surface area (Å²) < 4.78 is 33.2. The second-order valence-corrected chi connectivity index (χ2v) is 10.5. The number of nitrogens with zero attached hydrogens (tertiary/aromatic N) is 3. The lowest BCUT2D eigenvalue weighted by molar-refractivity contribution is -0.125. The molecule has 1 N–H and O–H groups in total. The van der Waals surface area contributed by atoms with Gasteiger partial charge in [0.15, 0.2) is 0 Å². The molecule has 10 heteroatoms. The molecule has 2 aliphatic rings. The van der Waals surface area contributed by atoms with Gasteiger partial charge in [0.2, 0.25) is 27.6 Å². The average Bonchev–Trinajstić information content (AvgIpc) is 3.27. The number of hydrogen-bond donors (Lipinski definition) is 1. The van der Waals surface area contributed by atoms with Crippen LogP contribution >= 0.6 is 11.3 Å². The Labute approximate surface area is 168 Å². The highest BCUT2D eigenvalue weighted by molar-refractivity contribution is 7.89. The van der Waals surface area contributed by atoms with Gasteiger partial charge in [-0.2, -0.15) is 9.29 Å². The van der Waals surface area contributed by atoms with Crippen molar-refractivity contribution in [3.8, 4) is 10.7 Å². The zero-order chi connectivity index (χ0) is 19.9. The van der Waals surface area contributed by atoms with E-state index in [4.69, 9.17) is 4.52 Å². The maximum Gasteiger partial charge on any atom is 0.244 e. The van der Waals surface area contributed by atoms with Gasteiger partial charge in [0.25, 0.3) is 0 Å². The summed E-state index contributed by atoms with van der Waals surface area (Å²) in [5, 5.41) is 6.81. The molecule has 2 fully saturated rings. The third kappa shape index (κ3) is 3.72. The molecule has 2 aromatic heterocycles. The summed E-state index contributed by atoms with van der Waals surface area (Å²) in [5.41, 5.74) is 0. The zero-order valence-electron chi connectivity index (χ0n) is 16.0. The summed E-state index contributed by atoms with van der Waals surface area (Å²) in [5.74, 6) is 1.04. The number of aryl methyl sites for hydroxylation is 1. The van der Waals surface area contributed by atoms with Gasteiger partial charge in [-0.25, -0.2) is 8.42 Å². The van der Waals surface area contributed by atoms with Crippen LogP contribution in [-0.4, -0.2) is 48.4 Å². The highest BCUT2D eigenvalue weighted by Crippen LogP contribution is 2.41. The van der Waals surface area contributed by atoms with Crippen LogP contribution < -0.4 is 5.32 Å². The lowest BCUT2D eigenvalue weighted by Gasteiger charge is -2.31. The van der Waals surface area contributed by atoms with Crippen LogP contribution in [0.5, 0.6) is 0 Å². The summed E-state index contributed by atoms with van der Waals surface area (Å²) >= 11 is 1.35. The Morgan fingerprint density at radius 3 is 2.89 bits per heavy atom. The summed E-state index contributed by atoms with van der Waals surface area (Å²) in [6.07, 6.45) is 3.50. The van der Waals surface area contributed by atoms with Crippen molar-refractivity contribution in [2.75, 3.05) is 19.6 Å². The topological polar surface area (TPSA) is 105 Å². The van der Waals surface area contributed by atoms with Gasteiger partial charge in [-0.1, -0.05) is 5.16 Å². The molecule has 8 nitrogen and oxygen atoms in total. The van der Waals surface area contributed by atoms with E-state index in [0.29, 0.717) is 53.3 Å². The van der Waals surface area contributed by atoms with Crippen LogP contribution in [0.2, 0.25) is 0 Å². The van der Waals surface area contributed by atoms with Crippen molar-refractivity contribution < 1.29 is 17.7 Å². The summed E-state index contributed by atoms with van der Waals surface area (Å²) in [7, 11) is -3.68. The first-order valence-corrected chi connectivity index (χ1v) is 11.9. The Balaban J connectivity index is 1.56. The predicted octanol–water partition coefficient (Wildman–Crippen LogP) is 2.52. The van der Waals surface area contributed by atoms with Crippen LogP contribution in [0.15, 0.2) is 15.5 Å². The van der Waals surface area contributed by atoms with Crippen molar-refractivity contribution in [3.63, 3.8) is 0 Å². The Bertz CT molecular complexity index is 978. The van der Waals surface area contributed by atoms with Gasteiger partial charge in [0.05, 0.1) is 15.7 Å². The molecule has 2 aromatic rings. The normalized spacial score (nSPS) is 21.0. The van der Waals surface area contributed by atoms with Gasteiger partial charge in [-0.15, -0.1) is 11.3 Å². The second kappa shape index (κ2) is 7.57. The Morgan fingerprint density at radius 1 is 1.39 bits per heavy atom. The maximum absolute atomic E-state index is 13.2. The molecular weight excluding hydrogens is 400 g/mol. The fraction of sp³-hybridized carbons (Fsp3) is 0.611. The molecule has 28 heavy (non-hydrogen) atoms. The quantitative estimate of drug-likeness (QED) is 0.764. The first-order chi connectivity index (χ1) is 13.4. The minimum Gasteiger partial charge on any atom is -0.356 e. The number of nitrogens with one attached hydrogen (secondary N) is 1. The summed E-state index contributed by atoms with van der Waals surface area (Å²) in [6.45, 7) is 4.83. The van der Waals surface area contributed by atoms with E-state index in [2.05, 4.69) is 15.5 Å². The van der Waals surface area contributed by atoms with E-state index < -0.39 is 10.0 Å². The maximum atomic E-state index is 13.2. The number of thiophene rings is 1. The largest absolute Gasteiger partial charge is 0.356 e. The third-order valence-electron chi connectivity index (χ3n) is 5.18. The molecule has 0 radical (unpaired) electrons. The van der Waals surface area contributed by atoms with Crippen molar-refractivity contribution in [2.45, 2.75) is 50.3 Å². The Morgan fingerprint density at radius 2 is 2.18 bits per heavy atom. The molecule has 1 saturated heterocycles. The molecule has 0 aromatic carbocycles. The van der Waals surface area contributed by atoms with E-state index in [9.17, 15) is 13.2 Å². The summed E-state index contributed by atoms with van der Waals surface area (Å²) in [6, 6.07) is 1.63. The first kappa shape index (κ1) is 19.5. The van der Waals surface area contributed by atoms with Crippen LogP contribution in [0, 0.1) is 12.8 Å². The molecule has 1 unspecified atom stereocenters. The van der Waals surface area contributed by atoms with Crippen molar-refractivity contribution in [3.05, 3.63) is 16.8 Å². The molecule has 4 rings (SSSR count). The van der Waals surface area contributed by atoms with E-state index in [-0.39, 0.29) is 23.3 Å². The van der Waals surface area contributed by atoms with Gasteiger partial charge in [-0.3, -0.25) is 4.79 Å². The number of aromatic nitrogens is 2. The third-order valence-corrected chi connectivity index (χ3v) is 8.35. The molecule has 152 valence electrons. The van der Waals surface area contributed by atoms with E-state index in [1.54, 1.807) is 13.0 Å². The van der Waals surface area contributed by atoms with Gasteiger partial charge >= 0.3 is 0 Å². The molecule has 1 atom stereocenters. The molecule has 1 amide bonds. The van der Waals surface area contributed by atoms with Crippen molar-refractivity contribution >= 4 is 27.3 Å². The fourth-order valence-electron chi connectivity index (χ4n) is 3.50. The Hall–Kier alpha value is -1.78. The van der Waals surface area contributed by atoms with Crippen LogP contribution in [-0.2, 0) is 14.8 Å². The lowest BCUT2D eigenvalue weighted by Crippen LogP contribution is -2.45. The van der Waals surface area contributed by atoms with E-state index in [1.165, 1.54) is 15.6 Å². The zero-order valence-corrected chi connectivity index (χ0v) is 17.6. The number of amides is 1. The van der Waals surface area contributed by atoms with Gasteiger partial charge in [-0.05, 0) is 45.6 Å². The van der Waals surface area contributed by atoms with Crippen LogP contribution in [0.4, 0.5) is 0 Å². The highest BCUT2D eigenvalue weighted by Gasteiger charge is 2.35. The molecule has 0 bridgehead atoms. The number of rotatable bonds is 6. The summed E-state index contributed by atoms with van der Waals surface area (Å²) in [4.78, 5) is 18.2. The number of carbonyl (C=O) groups excluding carboxylic acids is 1. The van der Waals surface area contributed by atoms with Crippen molar-refractivity contribution in [1.82, 2.24) is 19.8 Å². The van der Waals surface area contributed by atoms with Crippen molar-refractivity contribution in [1.29, 1.82) is 0 Å². The number of carbonyl (C=O) groups is 1. The fourth-order valence-corrected chi connectivity index (χ4v) is 6.51. The van der Waals surface area contributed by atoms with Gasteiger partial charge in [0.1, 0.15) is 0 Å². The number of sulfonamides is 1. The SMILES string of the molecule is CCNC(=O)C1CCCN(S(=O)(=O)c2cc(-c3noc(C4CC4)n3)sc2C)C1. The van der Waals surface area contributed by atoms with E-state index in [0.717, 1.165) is 12.8 Å². The van der Waals surface area contributed by atoms with Crippen LogP contribution in [0.25, 0.3) is 10.7 Å². The average molecular weight is 425 g/mol. The van der Waals surface area contributed by atoms with Crippen LogP contribution in [0.3, 0.4) is 0 Å². The number of hydrogen-bond acceptors (Lipinski definition) is 7. The highest BCUT2D eigenvalue weighted by atomic mass is 32.2. The number of piperidine rings is 1. The van der Waals surface area contributed by atoms with E-state index >= 15 is 0 Å². The first-order valence-electron chi connectivity index (χ1n) is 9.62. The molecule has 1 aliphatic heterocycles. The van der Waals surface area contributed by atoms with Crippen LogP contribution in [0.1, 0.15) is 49.3 Å². The molecule has 1 aliphatic carbocycles. The minimum absolute atomic E-state index is 0.0791. The monoisotopic (exact) mass is 424 g/mol. The van der Waals surface area contributed by atoms with Gasteiger partial charge in [0, 0.05) is 30.4 Å². The smallest absolute Gasteiger partial charge is 0.244 e. The van der Waals surface area contributed by atoms with Crippen molar-refractivity contribution in [2.24, 2.45) is 5.92 Å². The standard InChI is InChI=1S/C18H24N4O4S2/c1-3-19-17(23)13-5-4-8-22(10-13)28(24,25)15-9-14(27-11(15)2)16-20-18(26-21-16)12-6-7-12/h9,12-13H,3-8,10H2,1-2H3,(H,19,23).